The molecule has 2 aromatic rings. The molecule has 1 aliphatic carbocycles. The summed E-state index contributed by atoms with van der Waals surface area (Å²) in [6.45, 7) is 0. The predicted molar refractivity (Wildman–Crippen MR) is 105 cm³/mol. The lowest BCUT2D eigenvalue weighted by molar-refractivity contribution is -0.122. The molecule has 0 radical (unpaired) electrons. The van der Waals surface area contributed by atoms with Crippen LogP contribution in [0.15, 0.2) is 53.6 Å². The molecule has 2 N–H and O–H groups in total. The monoisotopic (exact) mass is 370 g/mol. The lowest BCUT2D eigenvalue weighted by Gasteiger charge is -2.20. The van der Waals surface area contributed by atoms with Crippen LogP contribution in [0.4, 0.5) is 0 Å². The number of carbonyl (C=O) groups is 1. The second-order valence-electron chi connectivity index (χ2n) is 6.76. The molecule has 3 rings (SSSR count). The van der Waals surface area contributed by atoms with E-state index in [0.717, 1.165) is 24.0 Å². The van der Waals surface area contributed by atoms with E-state index < -0.39 is 0 Å². The number of nitrogens with one attached hydrogen (secondary N) is 1. The molecule has 136 valence electrons. The van der Waals surface area contributed by atoms with E-state index in [1.165, 1.54) is 19.3 Å². The molecular formula is C21H23ClN2O2. The van der Waals surface area contributed by atoms with Crippen molar-refractivity contribution in [3.8, 4) is 5.75 Å². The van der Waals surface area contributed by atoms with Crippen LogP contribution in [-0.2, 0) is 4.79 Å². The van der Waals surface area contributed by atoms with Gasteiger partial charge in [0.2, 0.25) is 5.91 Å². The van der Waals surface area contributed by atoms with Crippen molar-refractivity contribution in [2.45, 2.75) is 38.5 Å². The first-order valence-electron chi connectivity index (χ1n) is 9.03. The Balaban J connectivity index is 1.77. The van der Waals surface area contributed by atoms with Gasteiger partial charge in [-0.1, -0.05) is 43.0 Å². The summed E-state index contributed by atoms with van der Waals surface area (Å²) in [7, 11) is 0. The highest BCUT2D eigenvalue weighted by atomic mass is 35.5. The number of phenols is 1. The molecule has 1 fully saturated rings. The van der Waals surface area contributed by atoms with E-state index in [9.17, 15) is 9.90 Å². The van der Waals surface area contributed by atoms with Gasteiger partial charge in [0.05, 0.1) is 5.71 Å². The van der Waals surface area contributed by atoms with Gasteiger partial charge in [-0.2, -0.15) is 5.10 Å². The van der Waals surface area contributed by atoms with E-state index in [2.05, 4.69) is 10.5 Å². The standard InChI is InChI=1S/C21H23ClN2O2/c22-18-10-6-16(7-11-18)21(17-8-12-19(25)13-9-17)24-23-20(26)14-15-4-2-1-3-5-15/h6-13,15,25H,1-5,14H2,(H,23,26)/b24-21-. The molecule has 1 aliphatic rings. The zero-order valence-corrected chi connectivity index (χ0v) is 15.4. The van der Waals surface area contributed by atoms with Gasteiger partial charge < -0.3 is 5.11 Å². The Morgan fingerprint density at radius 3 is 2.19 bits per heavy atom. The topological polar surface area (TPSA) is 61.7 Å². The van der Waals surface area contributed by atoms with E-state index >= 15 is 0 Å². The third-order valence-electron chi connectivity index (χ3n) is 4.75. The number of hydrogen-bond donors (Lipinski definition) is 2. The Bertz CT molecular complexity index is 716. The number of benzene rings is 2. The summed E-state index contributed by atoms with van der Waals surface area (Å²) >= 11 is 5.98. The van der Waals surface area contributed by atoms with Gasteiger partial charge in [-0.3, -0.25) is 4.79 Å². The van der Waals surface area contributed by atoms with Gasteiger partial charge >= 0.3 is 0 Å². The summed E-state index contributed by atoms with van der Waals surface area (Å²) in [6, 6.07) is 14.1. The maximum Gasteiger partial charge on any atom is 0.240 e. The number of aromatic hydroxyl groups is 1. The van der Waals surface area contributed by atoms with Crippen molar-refractivity contribution in [2.24, 2.45) is 11.0 Å². The summed E-state index contributed by atoms with van der Waals surface area (Å²) in [5, 5.41) is 14.5. The van der Waals surface area contributed by atoms with E-state index in [4.69, 9.17) is 11.6 Å². The van der Waals surface area contributed by atoms with Crippen molar-refractivity contribution in [3.05, 3.63) is 64.7 Å². The smallest absolute Gasteiger partial charge is 0.240 e. The van der Waals surface area contributed by atoms with Crippen molar-refractivity contribution in [1.29, 1.82) is 0 Å². The SMILES string of the molecule is O=C(CC1CCCCC1)N/N=C(\c1ccc(O)cc1)c1ccc(Cl)cc1. The van der Waals surface area contributed by atoms with Gasteiger partial charge in [0.25, 0.3) is 0 Å². The molecule has 0 heterocycles. The van der Waals surface area contributed by atoms with Crippen LogP contribution in [-0.4, -0.2) is 16.7 Å². The number of amides is 1. The lowest BCUT2D eigenvalue weighted by Crippen LogP contribution is -2.24. The molecule has 0 atom stereocenters. The minimum Gasteiger partial charge on any atom is -0.508 e. The number of carbonyl (C=O) groups excluding carboxylic acids is 1. The van der Waals surface area contributed by atoms with Crippen LogP contribution in [0.1, 0.15) is 49.7 Å². The molecule has 0 aromatic heterocycles. The van der Waals surface area contributed by atoms with Crippen molar-refractivity contribution >= 4 is 23.2 Å². The zero-order valence-electron chi connectivity index (χ0n) is 14.6. The van der Waals surface area contributed by atoms with Gasteiger partial charge in [0.1, 0.15) is 5.75 Å². The minimum absolute atomic E-state index is 0.0536. The highest BCUT2D eigenvalue weighted by Crippen LogP contribution is 2.26. The van der Waals surface area contributed by atoms with E-state index in [0.29, 0.717) is 23.1 Å². The maximum absolute atomic E-state index is 12.3. The van der Waals surface area contributed by atoms with Crippen LogP contribution in [0.25, 0.3) is 0 Å². The Hall–Kier alpha value is -2.33. The van der Waals surface area contributed by atoms with E-state index in [-0.39, 0.29) is 11.7 Å². The molecule has 26 heavy (non-hydrogen) atoms. The molecule has 0 unspecified atom stereocenters. The first-order chi connectivity index (χ1) is 12.6. The molecule has 2 aromatic carbocycles. The molecule has 4 nitrogen and oxygen atoms in total. The van der Waals surface area contributed by atoms with Crippen molar-refractivity contribution in [2.75, 3.05) is 0 Å². The Morgan fingerprint density at radius 2 is 1.58 bits per heavy atom. The highest BCUT2D eigenvalue weighted by Gasteiger charge is 2.17. The number of halogens is 1. The average Bonchev–Trinajstić information content (AvgIpc) is 2.65. The molecule has 0 aliphatic heterocycles. The number of rotatable bonds is 5. The van der Waals surface area contributed by atoms with Gasteiger partial charge in [-0.25, -0.2) is 5.43 Å². The van der Waals surface area contributed by atoms with Gasteiger partial charge in [0.15, 0.2) is 0 Å². The van der Waals surface area contributed by atoms with Crippen LogP contribution in [0.3, 0.4) is 0 Å². The minimum atomic E-state index is -0.0536. The molecule has 1 saturated carbocycles. The molecule has 0 saturated heterocycles. The molecule has 0 bridgehead atoms. The normalized spacial score (nSPS) is 15.7. The zero-order chi connectivity index (χ0) is 18.4. The van der Waals surface area contributed by atoms with Crippen LogP contribution in [0, 0.1) is 5.92 Å². The maximum atomic E-state index is 12.3. The lowest BCUT2D eigenvalue weighted by atomic mass is 9.87. The summed E-state index contributed by atoms with van der Waals surface area (Å²) < 4.78 is 0. The Labute approximate surface area is 158 Å². The van der Waals surface area contributed by atoms with Crippen LogP contribution < -0.4 is 5.43 Å². The molecular weight excluding hydrogens is 348 g/mol. The quantitative estimate of drug-likeness (QED) is 0.581. The number of hydrogen-bond acceptors (Lipinski definition) is 3. The fourth-order valence-electron chi connectivity index (χ4n) is 3.34. The van der Waals surface area contributed by atoms with Crippen LogP contribution >= 0.6 is 11.6 Å². The van der Waals surface area contributed by atoms with Gasteiger partial charge in [0, 0.05) is 22.6 Å². The van der Waals surface area contributed by atoms with Crippen molar-refractivity contribution < 1.29 is 9.90 Å². The van der Waals surface area contributed by atoms with Crippen molar-refractivity contribution in [3.63, 3.8) is 0 Å². The summed E-state index contributed by atoms with van der Waals surface area (Å²) in [6.07, 6.45) is 6.47. The van der Waals surface area contributed by atoms with Gasteiger partial charge in [-0.05, 0) is 55.2 Å². The first kappa shape index (κ1) is 18.5. The average molecular weight is 371 g/mol. The van der Waals surface area contributed by atoms with Crippen molar-refractivity contribution in [1.82, 2.24) is 5.43 Å². The van der Waals surface area contributed by atoms with Crippen LogP contribution in [0.5, 0.6) is 5.75 Å². The second kappa shape index (κ2) is 8.86. The Kier molecular flexibility index (Phi) is 6.29. The van der Waals surface area contributed by atoms with E-state index in [1.54, 1.807) is 36.4 Å². The molecule has 5 heteroatoms. The molecule has 0 spiro atoms. The largest absolute Gasteiger partial charge is 0.508 e. The van der Waals surface area contributed by atoms with Gasteiger partial charge in [-0.15, -0.1) is 0 Å². The highest BCUT2D eigenvalue weighted by molar-refractivity contribution is 6.30. The number of hydrazone groups is 1. The summed E-state index contributed by atoms with van der Waals surface area (Å²) in [5.74, 6) is 0.597. The fourth-order valence-corrected chi connectivity index (χ4v) is 3.47. The third-order valence-corrected chi connectivity index (χ3v) is 5.00. The summed E-state index contributed by atoms with van der Waals surface area (Å²) in [5.41, 5.74) is 5.00. The number of nitrogens with zero attached hydrogens (tertiary/aromatic N) is 1. The fraction of sp³-hybridized carbons (Fsp3) is 0.333. The van der Waals surface area contributed by atoms with Crippen LogP contribution in [0.2, 0.25) is 5.02 Å². The predicted octanol–water partition coefficient (Wildman–Crippen LogP) is 4.88. The Morgan fingerprint density at radius 1 is 1.00 bits per heavy atom. The van der Waals surface area contributed by atoms with E-state index in [1.807, 2.05) is 12.1 Å². The number of phenolic OH excluding ortho intramolecular Hbond substituents is 1. The summed E-state index contributed by atoms with van der Waals surface area (Å²) in [4.78, 5) is 12.3. The third kappa shape index (κ3) is 5.09. The first-order valence-corrected chi connectivity index (χ1v) is 9.41. The molecule has 1 amide bonds. The second-order valence-corrected chi connectivity index (χ2v) is 7.19.